The highest BCUT2D eigenvalue weighted by molar-refractivity contribution is 5.95. The third-order valence-electron chi connectivity index (χ3n) is 5.03. The van der Waals surface area contributed by atoms with E-state index in [9.17, 15) is 14.7 Å². The van der Waals surface area contributed by atoms with Crippen molar-refractivity contribution >= 4 is 17.6 Å². The summed E-state index contributed by atoms with van der Waals surface area (Å²) in [6, 6.07) is 10.2. The van der Waals surface area contributed by atoms with Crippen molar-refractivity contribution in [1.29, 1.82) is 0 Å². The molecular formula is C22H29N5O5. The third kappa shape index (κ3) is 4.93. The first kappa shape index (κ1) is 23.3. The number of rotatable bonds is 8. The number of benzene rings is 2. The van der Waals surface area contributed by atoms with Gasteiger partial charge in [-0.3, -0.25) is 4.79 Å². The molecule has 2 aromatic carbocycles. The van der Waals surface area contributed by atoms with Gasteiger partial charge in [0.2, 0.25) is 0 Å². The molecule has 32 heavy (non-hydrogen) atoms. The molecule has 0 aromatic heterocycles. The number of hydrogen-bond acceptors (Lipinski definition) is 7. The molecule has 1 fully saturated rings. The summed E-state index contributed by atoms with van der Waals surface area (Å²) < 4.78 is 11.5. The van der Waals surface area contributed by atoms with Gasteiger partial charge in [-0.25, -0.2) is 14.8 Å². The molecule has 3 amide bonds. The third-order valence-corrected chi connectivity index (χ3v) is 5.03. The summed E-state index contributed by atoms with van der Waals surface area (Å²) in [4.78, 5) is 24.9. The maximum Gasteiger partial charge on any atom is 0.355 e. The normalized spacial score (nSPS) is 14.0. The molecule has 1 aliphatic heterocycles. The van der Waals surface area contributed by atoms with Gasteiger partial charge < -0.3 is 19.9 Å². The van der Waals surface area contributed by atoms with Crippen LogP contribution in [-0.2, 0) is 6.61 Å². The summed E-state index contributed by atoms with van der Waals surface area (Å²) in [5, 5.41) is 14.8. The molecule has 2 aromatic rings. The molecule has 4 N–H and O–H groups in total. The molecule has 1 heterocycles. The number of carbonyl (C=O) groups excluding carboxylic acids is 2. The summed E-state index contributed by atoms with van der Waals surface area (Å²) in [6.45, 7) is 5.30. The van der Waals surface area contributed by atoms with Crippen LogP contribution in [0, 0.1) is 6.92 Å². The number of aryl methyl sites for hydroxylation is 1. The number of urea groups is 1. The van der Waals surface area contributed by atoms with Crippen LogP contribution in [0.3, 0.4) is 0 Å². The van der Waals surface area contributed by atoms with E-state index in [1.54, 1.807) is 64.4 Å². The number of aliphatic hydroxyl groups excluding tert-OH is 1. The lowest BCUT2D eigenvalue weighted by Gasteiger charge is -2.23. The van der Waals surface area contributed by atoms with Gasteiger partial charge >= 0.3 is 6.03 Å². The Morgan fingerprint density at radius 1 is 1.19 bits per heavy atom. The zero-order valence-electron chi connectivity index (χ0n) is 18.9. The van der Waals surface area contributed by atoms with Gasteiger partial charge in [-0.05, 0) is 56.7 Å². The van der Waals surface area contributed by atoms with Crippen LogP contribution < -0.4 is 30.9 Å². The van der Waals surface area contributed by atoms with Gasteiger partial charge in [0.1, 0.15) is 18.1 Å². The Kier molecular flexibility index (Phi) is 6.87. The molecule has 0 saturated carbocycles. The number of aliphatic hydroxyl groups is 1. The fourth-order valence-corrected chi connectivity index (χ4v) is 3.16. The number of nitrogens with zero attached hydrogens (tertiary/aromatic N) is 2. The van der Waals surface area contributed by atoms with Gasteiger partial charge in [0.25, 0.3) is 5.91 Å². The second kappa shape index (κ2) is 9.43. The van der Waals surface area contributed by atoms with E-state index in [1.807, 2.05) is 6.92 Å². The van der Waals surface area contributed by atoms with Crippen molar-refractivity contribution in [1.82, 2.24) is 21.4 Å². The zero-order chi connectivity index (χ0) is 23.5. The van der Waals surface area contributed by atoms with Crippen LogP contribution in [0.2, 0.25) is 0 Å². The molecule has 0 unspecified atom stereocenters. The molecule has 0 radical (unpaired) electrons. The predicted molar refractivity (Wildman–Crippen MR) is 119 cm³/mol. The van der Waals surface area contributed by atoms with E-state index in [4.69, 9.17) is 9.47 Å². The van der Waals surface area contributed by atoms with Crippen molar-refractivity contribution in [3.05, 3.63) is 53.1 Å². The Balaban J connectivity index is 1.80. The molecule has 0 atom stereocenters. The van der Waals surface area contributed by atoms with E-state index in [0.29, 0.717) is 28.3 Å². The number of anilines is 1. The van der Waals surface area contributed by atoms with Crippen LogP contribution in [0.5, 0.6) is 11.5 Å². The fraction of sp³-hybridized carbons (Fsp3) is 0.364. The molecule has 172 valence electrons. The average molecular weight is 444 g/mol. The van der Waals surface area contributed by atoms with Crippen molar-refractivity contribution in [3.8, 4) is 11.5 Å². The lowest BCUT2D eigenvalue weighted by molar-refractivity contribution is 0.0869. The largest absolute Gasteiger partial charge is 0.496 e. The second-order valence-electron chi connectivity index (χ2n) is 8.12. The number of ether oxygens (including phenoxy) is 2. The molecule has 3 rings (SSSR count). The number of amides is 3. The Morgan fingerprint density at radius 3 is 2.53 bits per heavy atom. The van der Waals surface area contributed by atoms with E-state index < -0.39 is 5.54 Å². The summed E-state index contributed by atoms with van der Waals surface area (Å²) in [6.07, 6.45) is 0. The van der Waals surface area contributed by atoms with Crippen LogP contribution >= 0.6 is 0 Å². The van der Waals surface area contributed by atoms with E-state index in [1.165, 1.54) is 10.0 Å². The van der Waals surface area contributed by atoms with Crippen molar-refractivity contribution < 1.29 is 24.2 Å². The Hall–Kier alpha value is -3.34. The van der Waals surface area contributed by atoms with Crippen molar-refractivity contribution in [3.63, 3.8) is 0 Å². The quantitative estimate of drug-likeness (QED) is 0.492. The Morgan fingerprint density at radius 2 is 1.94 bits per heavy atom. The van der Waals surface area contributed by atoms with Crippen LogP contribution in [0.1, 0.15) is 35.3 Å². The average Bonchev–Trinajstić information content (AvgIpc) is 3.10. The summed E-state index contributed by atoms with van der Waals surface area (Å²) in [5.41, 5.74) is 7.32. The first-order chi connectivity index (χ1) is 15.2. The molecule has 1 aliphatic rings. The van der Waals surface area contributed by atoms with Crippen molar-refractivity contribution in [2.24, 2.45) is 0 Å². The van der Waals surface area contributed by atoms with Gasteiger partial charge in [0, 0.05) is 12.6 Å². The number of methoxy groups -OCH3 is 1. The van der Waals surface area contributed by atoms with E-state index in [2.05, 4.69) is 16.4 Å². The van der Waals surface area contributed by atoms with Gasteiger partial charge in [0.05, 0.1) is 30.5 Å². The molecule has 0 bridgehead atoms. The second-order valence-corrected chi connectivity index (χ2v) is 8.12. The van der Waals surface area contributed by atoms with E-state index >= 15 is 0 Å². The SMILES string of the molecule is COc1cccc(N2NNN(C)C2=O)c1COc1ccc(C(=O)NC(C)(C)CO)cc1C. The van der Waals surface area contributed by atoms with Gasteiger partial charge in [-0.1, -0.05) is 6.07 Å². The molecule has 0 spiro atoms. The highest BCUT2D eigenvalue weighted by Gasteiger charge is 2.29. The number of nitrogens with one attached hydrogen (secondary N) is 3. The fourth-order valence-electron chi connectivity index (χ4n) is 3.16. The minimum atomic E-state index is -0.718. The first-order valence-corrected chi connectivity index (χ1v) is 10.1. The Labute approximate surface area is 187 Å². The highest BCUT2D eigenvalue weighted by atomic mass is 16.5. The van der Waals surface area contributed by atoms with E-state index in [-0.39, 0.29) is 25.2 Å². The summed E-state index contributed by atoms with van der Waals surface area (Å²) in [7, 11) is 3.16. The van der Waals surface area contributed by atoms with Gasteiger partial charge in [-0.15, -0.1) is 11.1 Å². The lowest BCUT2D eigenvalue weighted by atomic mass is 10.0. The van der Waals surface area contributed by atoms with Crippen molar-refractivity contribution in [2.45, 2.75) is 32.9 Å². The number of hydrogen-bond donors (Lipinski definition) is 4. The van der Waals surface area contributed by atoms with Gasteiger partial charge in [0.15, 0.2) is 0 Å². The molecule has 0 aliphatic carbocycles. The Bertz CT molecular complexity index is 1010. The minimum Gasteiger partial charge on any atom is -0.496 e. The van der Waals surface area contributed by atoms with Crippen LogP contribution in [0.4, 0.5) is 10.5 Å². The smallest absolute Gasteiger partial charge is 0.355 e. The summed E-state index contributed by atoms with van der Waals surface area (Å²) in [5.74, 6) is 0.892. The van der Waals surface area contributed by atoms with Crippen LogP contribution in [-0.4, -0.2) is 48.4 Å². The maximum absolute atomic E-state index is 12.5. The zero-order valence-corrected chi connectivity index (χ0v) is 18.9. The molecule has 10 heteroatoms. The monoisotopic (exact) mass is 443 g/mol. The van der Waals surface area contributed by atoms with Crippen LogP contribution in [0.15, 0.2) is 36.4 Å². The minimum absolute atomic E-state index is 0.137. The molecule has 10 nitrogen and oxygen atoms in total. The molecular weight excluding hydrogens is 414 g/mol. The highest BCUT2D eigenvalue weighted by Crippen LogP contribution is 2.32. The number of hydrazine groups is 3. The topological polar surface area (TPSA) is 115 Å². The predicted octanol–water partition coefficient (Wildman–Crippen LogP) is 1.88. The summed E-state index contributed by atoms with van der Waals surface area (Å²) >= 11 is 0. The maximum atomic E-state index is 12.5. The van der Waals surface area contributed by atoms with Crippen molar-refractivity contribution in [2.75, 3.05) is 25.8 Å². The first-order valence-electron chi connectivity index (χ1n) is 10.1. The van der Waals surface area contributed by atoms with E-state index in [0.717, 1.165) is 5.56 Å². The molecule has 1 saturated heterocycles. The lowest BCUT2D eigenvalue weighted by Crippen LogP contribution is -2.46. The van der Waals surface area contributed by atoms with Crippen LogP contribution in [0.25, 0.3) is 0 Å². The number of carbonyl (C=O) groups is 2. The van der Waals surface area contributed by atoms with Gasteiger partial charge in [-0.2, -0.15) is 0 Å². The standard InChI is InChI=1S/C22H29N5O5/c1-14-11-15(20(29)23-22(2,3)13-28)9-10-18(14)32-12-16-17(7-6-8-19(16)31-5)27-21(30)26(4)24-25-27/h6-11,24-25,28H,12-13H2,1-5H3,(H,23,29).